The molecule has 8 aromatic carbocycles. The molecule has 3 heterocycles. The van der Waals surface area contributed by atoms with Crippen LogP contribution < -0.4 is 4.90 Å². The molecule has 0 saturated heterocycles. The molecule has 0 saturated carbocycles. The molecule has 0 bridgehead atoms. The quantitative estimate of drug-likeness (QED) is 0.172. The van der Waals surface area contributed by atoms with E-state index in [2.05, 4.69) is 144 Å². The predicted molar refractivity (Wildman–Crippen MR) is 225 cm³/mol. The summed E-state index contributed by atoms with van der Waals surface area (Å²) in [5.74, 6) is 0.562. The van der Waals surface area contributed by atoms with E-state index < -0.39 is 0 Å². The third-order valence-electron chi connectivity index (χ3n) is 10.3. The molecule has 11 aromatic rings. The van der Waals surface area contributed by atoms with Gasteiger partial charge >= 0.3 is 0 Å². The molecule has 0 amide bonds. The number of rotatable bonds is 6. The Balaban J connectivity index is 1.19. The molecule has 54 heavy (non-hydrogen) atoms. The van der Waals surface area contributed by atoms with Gasteiger partial charge in [-0.2, -0.15) is 0 Å². The minimum atomic E-state index is 0.562. The van der Waals surface area contributed by atoms with Crippen molar-refractivity contribution >= 4 is 81.6 Å². The van der Waals surface area contributed by atoms with Gasteiger partial charge in [-0.1, -0.05) is 133 Å². The van der Waals surface area contributed by atoms with Gasteiger partial charge in [0.05, 0.1) is 5.69 Å². The van der Waals surface area contributed by atoms with Crippen molar-refractivity contribution in [3.63, 3.8) is 0 Å². The Kier molecular flexibility index (Phi) is 7.00. The maximum Gasteiger partial charge on any atom is 0.227 e. The molecule has 0 aliphatic rings. The highest BCUT2D eigenvalue weighted by Gasteiger charge is 2.28. The van der Waals surface area contributed by atoms with Crippen LogP contribution in [0.15, 0.2) is 191 Å². The third-order valence-corrected chi connectivity index (χ3v) is 11.5. The molecule has 3 aromatic heterocycles. The Labute approximate surface area is 314 Å². The van der Waals surface area contributed by atoms with Crippen molar-refractivity contribution < 1.29 is 8.83 Å². The van der Waals surface area contributed by atoms with Crippen molar-refractivity contribution in [3.05, 3.63) is 182 Å². The van der Waals surface area contributed by atoms with Gasteiger partial charge in [-0.15, -0.1) is 11.3 Å². The zero-order valence-electron chi connectivity index (χ0n) is 28.9. The monoisotopic (exact) mass is 710 g/mol. The van der Waals surface area contributed by atoms with Gasteiger partial charge < -0.3 is 13.7 Å². The molecule has 0 aliphatic heterocycles. The van der Waals surface area contributed by atoms with Crippen LogP contribution in [-0.2, 0) is 0 Å². The Bertz CT molecular complexity index is 3160. The van der Waals surface area contributed by atoms with Gasteiger partial charge in [0.2, 0.25) is 5.89 Å². The molecular weight excluding hydrogens is 681 g/mol. The number of nitrogens with zero attached hydrogens (tertiary/aromatic N) is 2. The number of fused-ring (bicyclic) bond motifs is 7. The van der Waals surface area contributed by atoms with E-state index in [4.69, 9.17) is 13.8 Å². The molecule has 0 fully saturated rings. The van der Waals surface area contributed by atoms with Crippen LogP contribution in [0.3, 0.4) is 0 Å². The lowest BCUT2D eigenvalue weighted by Crippen LogP contribution is -2.12. The summed E-state index contributed by atoms with van der Waals surface area (Å²) < 4.78 is 16.0. The van der Waals surface area contributed by atoms with Crippen LogP contribution in [0.4, 0.5) is 17.1 Å². The van der Waals surface area contributed by atoms with Crippen LogP contribution in [0.1, 0.15) is 0 Å². The number of anilines is 3. The van der Waals surface area contributed by atoms with E-state index in [-0.39, 0.29) is 0 Å². The SMILES string of the molecule is c1ccc(-c2nc3c(N(c4ccc(-c5cccc6c5sc5ccccc56)cc4)c4ccccc4-c4ccccc4)c4oc5ccccc5c4cc3o2)cc1. The summed E-state index contributed by atoms with van der Waals surface area (Å²) in [6, 6.07) is 63.7. The summed E-state index contributed by atoms with van der Waals surface area (Å²) in [6.07, 6.45) is 0. The zero-order valence-corrected chi connectivity index (χ0v) is 29.8. The smallest absolute Gasteiger partial charge is 0.227 e. The van der Waals surface area contributed by atoms with Crippen LogP contribution in [-0.4, -0.2) is 4.98 Å². The van der Waals surface area contributed by atoms with Gasteiger partial charge in [0.15, 0.2) is 11.2 Å². The summed E-state index contributed by atoms with van der Waals surface area (Å²) in [6.45, 7) is 0. The highest BCUT2D eigenvalue weighted by molar-refractivity contribution is 7.26. The van der Waals surface area contributed by atoms with E-state index in [1.807, 2.05) is 53.8 Å². The van der Waals surface area contributed by atoms with Crippen molar-refractivity contribution in [2.24, 2.45) is 0 Å². The second-order valence-electron chi connectivity index (χ2n) is 13.5. The molecule has 0 radical (unpaired) electrons. The lowest BCUT2D eigenvalue weighted by Gasteiger charge is -2.28. The largest absolute Gasteiger partial charge is 0.454 e. The summed E-state index contributed by atoms with van der Waals surface area (Å²) in [4.78, 5) is 7.53. The van der Waals surface area contributed by atoms with E-state index in [0.717, 1.165) is 66.8 Å². The fourth-order valence-corrected chi connectivity index (χ4v) is 9.06. The standard InChI is InChI=1S/C49H30N2O2S/c1-3-14-31(15-4-1)35-18-7-10-23-41(35)51(34-28-26-32(27-29-34)36-21-13-22-39-38-20-9-12-25-44(38)54-48(36)39)46-45-43(53-49(50-45)33-16-5-2-6-17-33)30-40-37-19-8-11-24-42(37)52-47(40)46/h1-30H. The number of aromatic nitrogens is 1. The number of hydrogen-bond acceptors (Lipinski definition) is 5. The van der Waals surface area contributed by atoms with Gasteiger partial charge in [0, 0.05) is 47.8 Å². The highest BCUT2D eigenvalue weighted by Crippen LogP contribution is 2.49. The van der Waals surface area contributed by atoms with Crippen LogP contribution in [0.5, 0.6) is 0 Å². The molecule has 5 heteroatoms. The highest BCUT2D eigenvalue weighted by atomic mass is 32.1. The van der Waals surface area contributed by atoms with Crippen LogP contribution in [0, 0.1) is 0 Å². The van der Waals surface area contributed by atoms with Crippen molar-refractivity contribution in [2.75, 3.05) is 4.90 Å². The number of oxazole rings is 1. The predicted octanol–water partition coefficient (Wildman–Crippen LogP) is 14.6. The molecule has 0 atom stereocenters. The Morgan fingerprint density at radius 1 is 0.463 bits per heavy atom. The average Bonchev–Trinajstić information content (AvgIpc) is 3.95. The summed E-state index contributed by atoms with van der Waals surface area (Å²) in [7, 11) is 0. The van der Waals surface area contributed by atoms with Gasteiger partial charge in [-0.3, -0.25) is 0 Å². The van der Waals surface area contributed by atoms with Gasteiger partial charge in [0.1, 0.15) is 16.8 Å². The maximum absolute atomic E-state index is 6.82. The molecule has 254 valence electrons. The summed E-state index contributed by atoms with van der Waals surface area (Å²) in [5, 5.41) is 4.58. The topological polar surface area (TPSA) is 42.4 Å². The van der Waals surface area contributed by atoms with E-state index in [1.54, 1.807) is 0 Å². The molecule has 0 N–H and O–H groups in total. The first-order valence-electron chi connectivity index (χ1n) is 18.0. The minimum absolute atomic E-state index is 0.562. The molecule has 0 spiro atoms. The zero-order chi connectivity index (χ0) is 35.6. The first kappa shape index (κ1) is 30.7. The second-order valence-corrected chi connectivity index (χ2v) is 14.5. The van der Waals surface area contributed by atoms with Gasteiger partial charge in [-0.25, -0.2) is 4.98 Å². The molecule has 0 aliphatic carbocycles. The van der Waals surface area contributed by atoms with E-state index in [1.165, 1.54) is 25.7 Å². The first-order chi connectivity index (χ1) is 26.8. The third kappa shape index (κ3) is 4.86. The second kappa shape index (κ2) is 12.3. The van der Waals surface area contributed by atoms with Crippen molar-refractivity contribution in [2.45, 2.75) is 0 Å². The normalized spacial score (nSPS) is 11.7. The van der Waals surface area contributed by atoms with Crippen LogP contribution >= 0.6 is 11.3 Å². The lowest BCUT2D eigenvalue weighted by atomic mass is 10.00. The Morgan fingerprint density at radius 3 is 1.94 bits per heavy atom. The van der Waals surface area contributed by atoms with Gasteiger partial charge in [0.25, 0.3) is 0 Å². The maximum atomic E-state index is 6.82. The van der Waals surface area contributed by atoms with Crippen molar-refractivity contribution in [3.8, 4) is 33.7 Å². The molecular formula is C49H30N2O2S. The van der Waals surface area contributed by atoms with E-state index in [9.17, 15) is 0 Å². The van der Waals surface area contributed by atoms with Crippen molar-refractivity contribution in [1.82, 2.24) is 4.98 Å². The lowest BCUT2D eigenvalue weighted by molar-refractivity contribution is 0.620. The molecule has 11 rings (SSSR count). The number of para-hydroxylation sites is 2. The average molecular weight is 711 g/mol. The molecule has 4 nitrogen and oxygen atoms in total. The minimum Gasteiger partial charge on any atom is -0.454 e. The number of thiophene rings is 1. The summed E-state index contributed by atoms with van der Waals surface area (Å²) >= 11 is 1.85. The van der Waals surface area contributed by atoms with E-state index >= 15 is 0 Å². The number of hydrogen-bond donors (Lipinski definition) is 0. The molecule has 0 unspecified atom stereocenters. The van der Waals surface area contributed by atoms with E-state index in [0.29, 0.717) is 11.5 Å². The van der Waals surface area contributed by atoms with Gasteiger partial charge in [-0.05, 0) is 65.2 Å². The number of benzene rings is 8. The van der Waals surface area contributed by atoms with Crippen LogP contribution in [0.25, 0.3) is 86.9 Å². The fraction of sp³-hybridized carbons (Fsp3) is 0. The Morgan fingerprint density at radius 2 is 1.11 bits per heavy atom. The summed E-state index contributed by atoms with van der Waals surface area (Å²) in [5.41, 5.74) is 11.3. The van der Waals surface area contributed by atoms with Crippen LogP contribution in [0.2, 0.25) is 0 Å². The number of furan rings is 1. The Hall–Kier alpha value is -6.95. The first-order valence-corrected chi connectivity index (χ1v) is 18.9. The fourth-order valence-electron chi connectivity index (χ4n) is 7.82. The van der Waals surface area contributed by atoms with Crippen molar-refractivity contribution in [1.29, 1.82) is 0 Å².